The van der Waals surface area contributed by atoms with E-state index in [1.165, 1.54) is 6.42 Å². The molecule has 1 saturated heterocycles. The van der Waals surface area contributed by atoms with Crippen LogP contribution >= 0.6 is 0 Å². The predicted octanol–water partition coefficient (Wildman–Crippen LogP) is 4.99. The lowest BCUT2D eigenvalue weighted by Crippen LogP contribution is -2.35. The molecule has 1 N–H and O–H groups in total. The van der Waals surface area contributed by atoms with Gasteiger partial charge in [0.05, 0.1) is 6.61 Å². The standard InChI is InChI=1S/C24H30N2O3/c1-18(2)13-16-29-22-8-6-7-20(17-22)23(27)25-21-11-9-19(10-12-21)24(28)26-14-4-3-5-15-26/h6-12,17-18H,3-5,13-16H2,1-2H3,(H,25,27). The Morgan fingerprint density at radius 2 is 1.72 bits per heavy atom. The number of carbonyl (C=O) groups excluding carboxylic acids is 2. The van der Waals surface area contributed by atoms with Crippen LogP contribution in [-0.2, 0) is 0 Å². The van der Waals surface area contributed by atoms with E-state index in [4.69, 9.17) is 4.74 Å². The first-order valence-corrected chi connectivity index (χ1v) is 10.5. The van der Waals surface area contributed by atoms with Crippen LogP contribution in [0.25, 0.3) is 0 Å². The number of ether oxygens (including phenoxy) is 1. The van der Waals surface area contributed by atoms with Gasteiger partial charge in [0, 0.05) is 29.9 Å². The number of carbonyl (C=O) groups is 2. The molecule has 0 aliphatic carbocycles. The highest BCUT2D eigenvalue weighted by atomic mass is 16.5. The van der Waals surface area contributed by atoms with E-state index in [0.29, 0.717) is 35.1 Å². The van der Waals surface area contributed by atoms with Gasteiger partial charge in [0.25, 0.3) is 11.8 Å². The molecule has 0 radical (unpaired) electrons. The molecule has 2 aromatic carbocycles. The van der Waals surface area contributed by atoms with Gasteiger partial charge in [-0.15, -0.1) is 0 Å². The van der Waals surface area contributed by atoms with Crippen LogP contribution in [0.2, 0.25) is 0 Å². The van der Waals surface area contributed by atoms with Crippen LogP contribution in [0.1, 0.15) is 60.2 Å². The predicted molar refractivity (Wildman–Crippen MR) is 116 cm³/mol. The van der Waals surface area contributed by atoms with Crippen LogP contribution in [0, 0.1) is 5.92 Å². The van der Waals surface area contributed by atoms with E-state index in [9.17, 15) is 9.59 Å². The summed E-state index contributed by atoms with van der Waals surface area (Å²) in [6, 6.07) is 14.3. The summed E-state index contributed by atoms with van der Waals surface area (Å²) in [5, 5.41) is 2.89. The highest BCUT2D eigenvalue weighted by Crippen LogP contribution is 2.18. The van der Waals surface area contributed by atoms with E-state index in [2.05, 4.69) is 19.2 Å². The van der Waals surface area contributed by atoms with E-state index in [0.717, 1.165) is 32.4 Å². The Labute approximate surface area is 173 Å². The molecule has 1 aliphatic heterocycles. The number of benzene rings is 2. The van der Waals surface area contributed by atoms with Crippen molar-refractivity contribution in [2.24, 2.45) is 5.92 Å². The van der Waals surface area contributed by atoms with Gasteiger partial charge < -0.3 is 15.0 Å². The molecule has 0 spiro atoms. The molecular weight excluding hydrogens is 364 g/mol. The fourth-order valence-electron chi connectivity index (χ4n) is 3.32. The first-order valence-electron chi connectivity index (χ1n) is 10.5. The second kappa shape index (κ2) is 10.1. The van der Waals surface area contributed by atoms with Crippen molar-refractivity contribution in [3.05, 3.63) is 59.7 Å². The van der Waals surface area contributed by atoms with Crippen molar-refractivity contribution in [3.8, 4) is 5.75 Å². The number of hydrogen-bond acceptors (Lipinski definition) is 3. The Kier molecular flexibility index (Phi) is 7.28. The number of piperidine rings is 1. The average Bonchev–Trinajstić information content (AvgIpc) is 2.74. The molecule has 3 rings (SSSR count). The molecule has 5 heteroatoms. The van der Waals surface area contributed by atoms with Crippen molar-refractivity contribution < 1.29 is 14.3 Å². The third-order valence-corrected chi connectivity index (χ3v) is 5.09. The number of hydrogen-bond donors (Lipinski definition) is 1. The molecule has 2 aromatic rings. The molecule has 1 heterocycles. The van der Waals surface area contributed by atoms with E-state index >= 15 is 0 Å². The molecule has 1 aliphatic rings. The first-order chi connectivity index (χ1) is 14.0. The Balaban J connectivity index is 1.58. The van der Waals surface area contributed by atoms with Gasteiger partial charge in [0.15, 0.2) is 0 Å². The molecule has 0 unspecified atom stereocenters. The Hall–Kier alpha value is -2.82. The zero-order chi connectivity index (χ0) is 20.6. The third kappa shape index (κ3) is 6.08. The minimum absolute atomic E-state index is 0.0637. The summed E-state index contributed by atoms with van der Waals surface area (Å²) in [6.45, 7) is 6.59. The van der Waals surface area contributed by atoms with Crippen molar-refractivity contribution in [2.75, 3.05) is 25.0 Å². The van der Waals surface area contributed by atoms with Crippen molar-refractivity contribution in [2.45, 2.75) is 39.5 Å². The molecule has 0 aromatic heterocycles. The molecule has 0 bridgehead atoms. The van der Waals surface area contributed by atoms with Crippen molar-refractivity contribution in [1.29, 1.82) is 0 Å². The number of nitrogens with zero attached hydrogens (tertiary/aromatic N) is 1. The van der Waals surface area contributed by atoms with Gasteiger partial charge in [-0.05, 0) is 74.1 Å². The summed E-state index contributed by atoms with van der Waals surface area (Å²) < 4.78 is 5.74. The lowest BCUT2D eigenvalue weighted by molar-refractivity contribution is 0.0724. The van der Waals surface area contributed by atoms with Crippen LogP contribution in [0.5, 0.6) is 5.75 Å². The monoisotopic (exact) mass is 394 g/mol. The van der Waals surface area contributed by atoms with Crippen LogP contribution in [0.3, 0.4) is 0 Å². The topological polar surface area (TPSA) is 58.6 Å². The molecule has 29 heavy (non-hydrogen) atoms. The quantitative estimate of drug-likeness (QED) is 0.720. The average molecular weight is 395 g/mol. The SMILES string of the molecule is CC(C)CCOc1cccc(C(=O)Nc2ccc(C(=O)N3CCCCC3)cc2)c1. The van der Waals surface area contributed by atoms with Gasteiger partial charge in [-0.25, -0.2) is 0 Å². The smallest absolute Gasteiger partial charge is 0.255 e. The van der Waals surface area contributed by atoms with Crippen LogP contribution in [0.15, 0.2) is 48.5 Å². The zero-order valence-corrected chi connectivity index (χ0v) is 17.3. The second-order valence-corrected chi connectivity index (χ2v) is 7.94. The number of amides is 2. The van der Waals surface area contributed by atoms with E-state index < -0.39 is 0 Å². The summed E-state index contributed by atoms with van der Waals surface area (Å²) in [7, 11) is 0. The van der Waals surface area contributed by atoms with Crippen molar-refractivity contribution >= 4 is 17.5 Å². The first kappa shape index (κ1) is 20.9. The van der Waals surface area contributed by atoms with Crippen LogP contribution < -0.4 is 10.1 Å². The number of nitrogens with one attached hydrogen (secondary N) is 1. The normalized spacial score (nSPS) is 14.0. The molecule has 2 amide bonds. The Morgan fingerprint density at radius 1 is 1.00 bits per heavy atom. The maximum atomic E-state index is 12.6. The largest absolute Gasteiger partial charge is 0.494 e. The molecule has 0 saturated carbocycles. The maximum absolute atomic E-state index is 12.6. The molecule has 154 valence electrons. The highest BCUT2D eigenvalue weighted by molar-refractivity contribution is 6.04. The van der Waals surface area contributed by atoms with Crippen molar-refractivity contribution in [3.63, 3.8) is 0 Å². The number of rotatable bonds is 7. The van der Waals surface area contributed by atoms with Crippen molar-refractivity contribution in [1.82, 2.24) is 4.90 Å². The minimum atomic E-state index is -0.200. The second-order valence-electron chi connectivity index (χ2n) is 7.94. The van der Waals surface area contributed by atoms with Gasteiger partial charge >= 0.3 is 0 Å². The van der Waals surface area contributed by atoms with Gasteiger partial charge in [-0.1, -0.05) is 19.9 Å². The maximum Gasteiger partial charge on any atom is 0.255 e. The summed E-state index contributed by atoms with van der Waals surface area (Å²) in [5.74, 6) is 1.13. The summed E-state index contributed by atoms with van der Waals surface area (Å²) in [4.78, 5) is 27.0. The Morgan fingerprint density at radius 3 is 2.41 bits per heavy atom. The van der Waals surface area contributed by atoms with Gasteiger partial charge in [-0.3, -0.25) is 9.59 Å². The van der Waals surface area contributed by atoms with Gasteiger partial charge in [-0.2, -0.15) is 0 Å². The molecular formula is C24H30N2O3. The minimum Gasteiger partial charge on any atom is -0.494 e. The molecule has 1 fully saturated rings. The summed E-state index contributed by atoms with van der Waals surface area (Å²) in [6.07, 6.45) is 4.30. The summed E-state index contributed by atoms with van der Waals surface area (Å²) in [5.41, 5.74) is 1.86. The van der Waals surface area contributed by atoms with E-state index in [1.807, 2.05) is 17.0 Å². The highest BCUT2D eigenvalue weighted by Gasteiger charge is 2.18. The third-order valence-electron chi connectivity index (χ3n) is 5.09. The summed E-state index contributed by atoms with van der Waals surface area (Å²) >= 11 is 0. The fourth-order valence-corrected chi connectivity index (χ4v) is 3.32. The van der Waals surface area contributed by atoms with Gasteiger partial charge in [0.2, 0.25) is 0 Å². The van der Waals surface area contributed by atoms with E-state index in [-0.39, 0.29) is 11.8 Å². The van der Waals surface area contributed by atoms with Crippen LogP contribution in [-0.4, -0.2) is 36.4 Å². The lowest BCUT2D eigenvalue weighted by atomic mass is 10.1. The number of anilines is 1. The molecule has 5 nitrogen and oxygen atoms in total. The van der Waals surface area contributed by atoms with Gasteiger partial charge in [0.1, 0.15) is 5.75 Å². The zero-order valence-electron chi connectivity index (χ0n) is 17.3. The fraction of sp³-hybridized carbons (Fsp3) is 0.417. The van der Waals surface area contributed by atoms with Crippen LogP contribution in [0.4, 0.5) is 5.69 Å². The number of likely N-dealkylation sites (tertiary alicyclic amines) is 1. The lowest BCUT2D eigenvalue weighted by Gasteiger charge is -2.26. The molecule has 0 atom stereocenters. The Bertz CT molecular complexity index is 824. The van der Waals surface area contributed by atoms with E-state index in [1.54, 1.807) is 36.4 Å².